The van der Waals surface area contributed by atoms with Crippen LogP contribution >= 0.6 is 11.8 Å². The predicted molar refractivity (Wildman–Crippen MR) is 62.2 cm³/mol. The summed E-state index contributed by atoms with van der Waals surface area (Å²) in [6, 6.07) is 5.80. The molecule has 0 unspecified atom stereocenters. The molecule has 0 fully saturated rings. The Morgan fingerprint density at radius 3 is 2.75 bits per heavy atom. The van der Waals surface area contributed by atoms with Crippen molar-refractivity contribution >= 4 is 11.8 Å². The van der Waals surface area contributed by atoms with E-state index in [4.69, 9.17) is 5.11 Å². The van der Waals surface area contributed by atoms with Gasteiger partial charge in [-0.3, -0.25) is 4.68 Å². The van der Waals surface area contributed by atoms with Crippen molar-refractivity contribution in [2.24, 2.45) is 7.05 Å². The van der Waals surface area contributed by atoms with Gasteiger partial charge in [0.15, 0.2) is 0 Å². The molecule has 0 atom stereocenters. The minimum absolute atomic E-state index is 0.0305. The van der Waals surface area contributed by atoms with E-state index in [1.807, 2.05) is 36.9 Å². The van der Waals surface area contributed by atoms with E-state index >= 15 is 0 Å². The van der Waals surface area contributed by atoms with Gasteiger partial charge in [-0.05, 0) is 24.6 Å². The standard InChI is InChI=1S/C11H13N3OS/c1-8-5-11(14(2)13-8)16-10-4-3-9(7-15)6-12-10/h3-6,15H,7H2,1-2H3. The number of aryl methyl sites for hydroxylation is 2. The fourth-order valence-corrected chi connectivity index (χ4v) is 2.21. The number of hydrogen-bond acceptors (Lipinski definition) is 4. The van der Waals surface area contributed by atoms with Crippen LogP contribution in [0.4, 0.5) is 0 Å². The van der Waals surface area contributed by atoms with Crippen LogP contribution in [0, 0.1) is 6.92 Å². The van der Waals surface area contributed by atoms with Gasteiger partial charge in [0.1, 0.15) is 10.1 Å². The van der Waals surface area contributed by atoms with Crippen molar-refractivity contribution in [1.82, 2.24) is 14.8 Å². The highest BCUT2D eigenvalue weighted by molar-refractivity contribution is 7.99. The number of nitrogens with zero attached hydrogens (tertiary/aromatic N) is 3. The van der Waals surface area contributed by atoms with Crippen LogP contribution in [-0.2, 0) is 13.7 Å². The van der Waals surface area contributed by atoms with Gasteiger partial charge in [0.2, 0.25) is 0 Å². The van der Waals surface area contributed by atoms with E-state index in [-0.39, 0.29) is 6.61 Å². The second kappa shape index (κ2) is 4.67. The highest BCUT2D eigenvalue weighted by Gasteiger charge is 2.05. The molecule has 2 rings (SSSR count). The number of pyridine rings is 1. The first-order chi connectivity index (χ1) is 7.69. The third kappa shape index (κ3) is 2.43. The molecule has 2 aromatic heterocycles. The van der Waals surface area contributed by atoms with Crippen LogP contribution < -0.4 is 0 Å². The van der Waals surface area contributed by atoms with Crippen LogP contribution in [0.2, 0.25) is 0 Å². The Morgan fingerprint density at radius 2 is 2.25 bits per heavy atom. The Bertz CT molecular complexity index is 478. The summed E-state index contributed by atoms with van der Waals surface area (Å²) >= 11 is 1.56. The van der Waals surface area contributed by atoms with Gasteiger partial charge in [0, 0.05) is 13.2 Å². The summed E-state index contributed by atoms with van der Waals surface area (Å²) in [7, 11) is 1.91. The average molecular weight is 235 g/mol. The molecule has 0 aliphatic heterocycles. The van der Waals surface area contributed by atoms with Crippen LogP contribution in [-0.4, -0.2) is 19.9 Å². The normalized spacial score (nSPS) is 10.7. The van der Waals surface area contributed by atoms with E-state index in [9.17, 15) is 0 Å². The SMILES string of the molecule is Cc1cc(Sc2ccc(CO)cn2)n(C)n1. The van der Waals surface area contributed by atoms with E-state index in [1.165, 1.54) is 0 Å². The van der Waals surface area contributed by atoms with Crippen LogP contribution in [0.15, 0.2) is 34.4 Å². The largest absolute Gasteiger partial charge is 0.392 e. The maximum absolute atomic E-state index is 8.90. The summed E-state index contributed by atoms with van der Waals surface area (Å²) in [5.41, 5.74) is 1.82. The van der Waals surface area contributed by atoms with E-state index < -0.39 is 0 Å². The van der Waals surface area contributed by atoms with Gasteiger partial charge in [-0.1, -0.05) is 17.8 Å². The van der Waals surface area contributed by atoms with Gasteiger partial charge in [-0.15, -0.1) is 0 Å². The van der Waals surface area contributed by atoms with Crippen LogP contribution in [0.5, 0.6) is 0 Å². The third-order valence-electron chi connectivity index (χ3n) is 2.15. The lowest BCUT2D eigenvalue weighted by atomic mass is 10.3. The molecular weight excluding hydrogens is 222 g/mol. The topological polar surface area (TPSA) is 50.9 Å². The first-order valence-electron chi connectivity index (χ1n) is 4.93. The molecule has 0 aromatic carbocycles. The Labute approximate surface area is 98.3 Å². The van der Waals surface area contributed by atoms with Gasteiger partial charge in [0.05, 0.1) is 12.3 Å². The molecule has 1 N–H and O–H groups in total. The van der Waals surface area contributed by atoms with Crippen molar-refractivity contribution in [1.29, 1.82) is 0 Å². The molecule has 0 spiro atoms. The van der Waals surface area contributed by atoms with E-state index in [1.54, 1.807) is 18.0 Å². The lowest BCUT2D eigenvalue weighted by Crippen LogP contribution is -1.93. The molecule has 0 aliphatic carbocycles. The molecule has 2 heterocycles. The number of rotatable bonds is 3. The van der Waals surface area contributed by atoms with Gasteiger partial charge in [-0.2, -0.15) is 5.10 Å². The Balaban J connectivity index is 2.17. The highest BCUT2D eigenvalue weighted by atomic mass is 32.2. The van der Waals surface area contributed by atoms with Crippen molar-refractivity contribution in [3.63, 3.8) is 0 Å². The molecule has 5 heteroatoms. The zero-order valence-corrected chi connectivity index (χ0v) is 10.0. The first-order valence-corrected chi connectivity index (χ1v) is 5.75. The molecular formula is C11H13N3OS. The zero-order chi connectivity index (χ0) is 11.5. The minimum atomic E-state index is 0.0305. The molecule has 0 radical (unpaired) electrons. The van der Waals surface area contributed by atoms with Crippen molar-refractivity contribution in [3.8, 4) is 0 Å². The predicted octanol–water partition coefficient (Wildman–Crippen LogP) is 1.77. The van der Waals surface area contributed by atoms with Crippen molar-refractivity contribution in [3.05, 3.63) is 35.7 Å². The van der Waals surface area contributed by atoms with Gasteiger partial charge >= 0.3 is 0 Å². The molecule has 0 aliphatic rings. The highest BCUT2D eigenvalue weighted by Crippen LogP contribution is 2.25. The van der Waals surface area contributed by atoms with E-state index in [2.05, 4.69) is 10.1 Å². The third-order valence-corrected chi connectivity index (χ3v) is 3.19. The Hall–Kier alpha value is -1.33. The molecule has 2 aromatic rings. The van der Waals surface area contributed by atoms with E-state index in [0.29, 0.717) is 0 Å². The fraction of sp³-hybridized carbons (Fsp3) is 0.273. The second-order valence-electron chi connectivity index (χ2n) is 3.51. The van der Waals surface area contributed by atoms with Gasteiger partial charge < -0.3 is 5.11 Å². The summed E-state index contributed by atoms with van der Waals surface area (Å²) in [6.45, 7) is 2.00. The molecule has 0 bridgehead atoms. The van der Waals surface area contributed by atoms with Crippen LogP contribution in [0.1, 0.15) is 11.3 Å². The van der Waals surface area contributed by atoms with Gasteiger partial charge in [-0.25, -0.2) is 4.98 Å². The quantitative estimate of drug-likeness (QED) is 0.881. The molecule has 4 nitrogen and oxygen atoms in total. The first kappa shape index (κ1) is 11.2. The summed E-state index contributed by atoms with van der Waals surface area (Å²) in [5.74, 6) is 0. The van der Waals surface area contributed by atoms with Crippen molar-refractivity contribution in [2.45, 2.75) is 23.6 Å². The maximum Gasteiger partial charge on any atom is 0.102 e. The lowest BCUT2D eigenvalue weighted by Gasteiger charge is -2.01. The lowest BCUT2D eigenvalue weighted by molar-refractivity contribution is 0.281. The molecule has 84 valence electrons. The monoisotopic (exact) mass is 235 g/mol. The Kier molecular flexibility index (Phi) is 3.26. The fourth-order valence-electron chi connectivity index (χ4n) is 1.35. The molecule has 0 saturated heterocycles. The molecule has 0 amide bonds. The van der Waals surface area contributed by atoms with E-state index in [0.717, 1.165) is 21.3 Å². The maximum atomic E-state index is 8.90. The van der Waals surface area contributed by atoms with Crippen molar-refractivity contribution in [2.75, 3.05) is 0 Å². The van der Waals surface area contributed by atoms with Crippen molar-refractivity contribution < 1.29 is 5.11 Å². The zero-order valence-electron chi connectivity index (χ0n) is 9.21. The van der Waals surface area contributed by atoms with Crippen LogP contribution in [0.3, 0.4) is 0 Å². The molecule has 0 saturated carbocycles. The van der Waals surface area contributed by atoms with Gasteiger partial charge in [0.25, 0.3) is 0 Å². The summed E-state index contributed by atoms with van der Waals surface area (Å²) < 4.78 is 1.83. The second-order valence-corrected chi connectivity index (χ2v) is 4.55. The smallest absolute Gasteiger partial charge is 0.102 e. The average Bonchev–Trinajstić information content (AvgIpc) is 2.59. The Morgan fingerprint density at radius 1 is 1.44 bits per heavy atom. The number of aromatic nitrogens is 3. The van der Waals surface area contributed by atoms with Crippen LogP contribution in [0.25, 0.3) is 0 Å². The summed E-state index contributed by atoms with van der Waals surface area (Å²) in [4.78, 5) is 4.26. The number of aliphatic hydroxyl groups excluding tert-OH is 1. The molecule has 16 heavy (non-hydrogen) atoms. The summed E-state index contributed by atoms with van der Waals surface area (Å²) in [6.07, 6.45) is 1.69. The summed E-state index contributed by atoms with van der Waals surface area (Å²) in [5, 5.41) is 15.1. The number of hydrogen-bond donors (Lipinski definition) is 1. The minimum Gasteiger partial charge on any atom is -0.392 e. The number of aliphatic hydroxyl groups is 1.